The Kier molecular flexibility index (Phi) is 9.93. The molecule has 8 nitrogen and oxygen atoms in total. The van der Waals surface area contributed by atoms with Crippen molar-refractivity contribution < 1.29 is 28.6 Å². The molecule has 178 valence electrons. The van der Waals surface area contributed by atoms with Crippen LogP contribution in [-0.2, 0) is 32.1 Å². The maximum absolute atomic E-state index is 12.1. The lowest BCUT2D eigenvalue weighted by Crippen LogP contribution is -2.46. The highest BCUT2D eigenvalue weighted by Gasteiger charge is 2.20. The summed E-state index contributed by atoms with van der Waals surface area (Å²) in [5.74, 6) is -0.676. The number of nitrogens with two attached hydrogens (primary N) is 1. The van der Waals surface area contributed by atoms with Crippen molar-refractivity contribution in [1.82, 2.24) is 5.32 Å². The Morgan fingerprint density at radius 2 is 1.67 bits per heavy atom. The Morgan fingerprint density at radius 3 is 2.33 bits per heavy atom. The summed E-state index contributed by atoms with van der Waals surface area (Å²) in [6.45, 7) is 6.89. The maximum Gasteiger partial charge on any atom is 0.408 e. The number of esters is 1. The molecule has 0 fully saturated rings. The van der Waals surface area contributed by atoms with E-state index in [1.807, 2.05) is 30.3 Å². The average molecular weight is 473 g/mol. The van der Waals surface area contributed by atoms with E-state index in [1.165, 1.54) is 0 Å². The Balaban J connectivity index is 1.84. The SMILES string of the molecule is C[Si](C)(C)CCOC(=O)COc1cccc(C[C@H](NC(=O)OCc2ccccc2)C(N)=O)c1. The number of carbonyl (C=O) groups excluding carboxylic acids is 3. The van der Waals surface area contributed by atoms with Crippen LogP contribution in [0, 0.1) is 0 Å². The fraction of sp³-hybridized carbons (Fsp3) is 0.375. The fourth-order valence-electron chi connectivity index (χ4n) is 2.78. The predicted molar refractivity (Wildman–Crippen MR) is 127 cm³/mol. The summed E-state index contributed by atoms with van der Waals surface area (Å²) in [5.41, 5.74) is 6.98. The molecular formula is C24H32N2O6Si. The van der Waals surface area contributed by atoms with Crippen molar-refractivity contribution in [3.8, 4) is 5.75 Å². The maximum atomic E-state index is 12.1. The highest BCUT2D eigenvalue weighted by atomic mass is 28.3. The van der Waals surface area contributed by atoms with Gasteiger partial charge in [-0.15, -0.1) is 0 Å². The van der Waals surface area contributed by atoms with Crippen LogP contribution >= 0.6 is 0 Å². The number of amides is 2. The standard InChI is InChI=1S/C24H32N2O6Si/c1-33(2,3)13-12-30-22(27)17-31-20-11-7-10-19(14-20)15-21(23(25)28)26-24(29)32-16-18-8-5-4-6-9-18/h4-11,14,21H,12-13,15-17H2,1-3H3,(H2,25,28)(H,26,29)/t21-/m0/s1. The minimum atomic E-state index is -1.27. The van der Waals surface area contributed by atoms with Crippen LogP contribution in [0.5, 0.6) is 5.75 Å². The van der Waals surface area contributed by atoms with Crippen LogP contribution in [0.2, 0.25) is 25.7 Å². The largest absolute Gasteiger partial charge is 0.482 e. The van der Waals surface area contributed by atoms with Gasteiger partial charge in [0.15, 0.2) is 6.61 Å². The molecule has 0 unspecified atom stereocenters. The first-order valence-corrected chi connectivity index (χ1v) is 14.5. The van der Waals surface area contributed by atoms with Gasteiger partial charge in [0.1, 0.15) is 18.4 Å². The quantitative estimate of drug-likeness (QED) is 0.362. The highest BCUT2D eigenvalue weighted by Crippen LogP contribution is 2.15. The summed E-state index contributed by atoms with van der Waals surface area (Å²) in [6, 6.07) is 16.0. The molecule has 2 rings (SSSR count). The van der Waals surface area contributed by atoms with E-state index >= 15 is 0 Å². The van der Waals surface area contributed by atoms with Gasteiger partial charge in [-0.1, -0.05) is 62.1 Å². The molecule has 3 N–H and O–H groups in total. The zero-order chi connectivity index (χ0) is 24.3. The number of rotatable bonds is 12. The van der Waals surface area contributed by atoms with E-state index in [1.54, 1.807) is 24.3 Å². The normalized spacial score (nSPS) is 11.8. The highest BCUT2D eigenvalue weighted by molar-refractivity contribution is 6.76. The Bertz CT molecular complexity index is 930. The van der Waals surface area contributed by atoms with Crippen LogP contribution < -0.4 is 15.8 Å². The summed E-state index contributed by atoms with van der Waals surface area (Å²) in [4.78, 5) is 35.8. The number of benzene rings is 2. The molecule has 0 radical (unpaired) electrons. The zero-order valence-corrected chi connectivity index (χ0v) is 20.3. The molecule has 0 aromatic heterocycles. The molecule has 2 amide bonds. The van der Waals surface area contributed by atoms with E-state index in [0.29, 0.717) is 17.9 Å². The number of carbonyl (C=O) groups is 3. The minimum Gasteiger partial charge on any atom is -0.482 e. The summed E-state index contributed by atoms with van der Waals surface area (Å²) < 4.78 is 15.9. The van der Waals surface area contributed by atoms with Gasteiger partial charge in [0, 0.05) is 14.5 Å². The average Bonchev–Trinajstić information content (AvgIpc) is 2.76. The molecule has 0 aliphatic heterocycles. The van der Waals surface area contributed by atoms with Crippen molar-refractivity contribution in [2.24, 2.45) is 5.73 Å². The lowest BCUT2D eigenvalue weighted by molar-refractivity contribution is -0.145. The third-order valence-corrected chi connectivity index (χ3v) is 6.36. The topological polar surface area (TPSA) is 117 Å². The molecule has 2 aromatic rings. The summed E-state index contributed by atoms with van der Waals surface area (Å²) >= 11 is 0. The van der Waals surface area contributed by atoms with E-state index in [0.717, 1.165) is 11.6 Å². The Morgan fingerprint density at radius 1 is 0.970 bits per heavy atom. The number of hydrogen-bond acceptors (Lipinski definition) is 6. The fourth-order valence-corrected chi connectivity index (χ4v) is 3.50. The smallest absolute Gasteiger partial charge is 0.408 e. The molecule has 0 aliphatic carbocycles. The Labute approximate surface area is 195 Å². The van der Waals surface area contributed by atoms with E-state index in [-0.39, 0.29) is 19.6 Å². The van der Waals surface area contributed by atoms with Gasteiger partial charge < -0.3 is 25.3 Å². The van der Waals surface area contributed by atoms with Crippen LogP contribution in [-0.4, -0.2) is 45.3 Å². The molecule has 0 saturated carbocycles. The van der Waals surface area contributed by atoms with Crippen molar-refractivity contribution in [2.75, 3.05) is 13.2 Å². The van der Waals surface area contributed by atoms with Gasteiger partial charge >= 0.3 is 12.1 Å². The van der Waals surface area contributed by atoms with Gasteiger partial charge in [-0.05, 0) is 29.3 Å². The number of hydrogen-bond donors (Lipinski definition) is 2. The van der Waals surface area contributed by atoms with Gasteiger partial charge in [-0.3, -0.25) is 4.79 Å². The number of primary amides is 1. The van der Waals surface area contributed by atoms with Crippen molar-refractivity contribution in [1.29, 1.82) is 0 Å². The molecule has 33 heavy (non-hydrogen) atoms. The zero-order valence-electron chi connectivity index (χ0n) is 19.3. The third-order valence-electron chi connectivity index (χ3n) is 4.66. The molecule has 1 atom stereocenters. The summed E-state index contributed by atoms with van der Waals surface area (Å²) in [7, 11) is -1.27. The number of nitrogens with one attached hydrogen (secondary N) is 1. The molecule has 2 aromatic carbocycles. The molecule has 9 heteroatoms. The second-order valence-corrected chi connectivity index (χ2v) is 14.5. The van der Waals surface area contributed by atoms with E-state index in [2.05, 4.69) is 25.0 Å². The lowest BCUT2D eigenvalue weighted by Gasteiger charge is -2.16. The van der Waals surface area contributed by atoms with Crippen molar-refractivity contribution in [2.45, 2.75) is 44.8 Å². The first kappa shape index (κ1) is 25.9. The lowest BCUT2D eigenvalue weighted by atomic mass is 10.1. The monoisotopic (exact) mass is 472 g/mol. The van der Waals surface area contributed by atoms with Crippen LogP contribution in [0.1, 0.15) is 11.1 Å². The van der Waals surface area contributed by atoms with Gasteiger partial charge in [0.05, 0.1) is 6.61 Å². The van der Waals surface area contributed by atoms with E-state index in [4.69, 9.17) is 19.9 Å². The number of alkyl carbamates (subject to hydrolysis) is 1. The van der Waals surface area contributed by atoms with Gasteiger partial charge in [-0.25, -0.2) is 9.59 Å². The first-order valence-electron chi connectivity index (χ1n) is 10.8. The van der Waals surface area contributed by atoms with Crippen LogP contribution in [0.3, 0.4) is 0 Å². The molecular weight excluding hydrogens is 440 g/mol. The van der Waals surface area contributed by atoms with Crippen molar-refractivity contribution in [3.05, 3.63) is 65.7 Å². The second-order valence-electron chi connectivity index (χ2n) is 8.83. The first-order chi connectivity index (χ1) is 15.6. The molecule has 0 saturated heterocycles. The molecule has 0 heterocycles. The second kappa shape index (κ2) is 12.6. The predicted octanol–water partition coefficient (Wildman–Crippen LogP) is 3.27. The summed E-state index contributed by atoms with van der Waals surface area (Å²) in [5, 5.41) is 2.49. The van der Waals surface area contributed by atoms with Crippen LogP contribution in [0.4, 0.5) is 4.79 Å². The van der Waals surface area contributed by atoms with E-state index in [9.17, 15) is 14.4 Å². The van der Waals surface area contributed by atoms with Crippen molar-refractivity contribution in [3.63, 3.8) is 0 Å². The van der Waals surface area contributed by atoms with Gasteiger partial charge in [0.2, 0.25) is 5.91 Å². The van der Waals surface area contributed by atoms with Crippen LogP contribution in [0.15, 0.2) is 54.6 Å². The molecule has 0 bridgehead atoms. The Hall–Kier alpha value is -3.33. The minimum absolute atomic E-state index is 0.0789. The van der Waals surface area contributed by atoms with Gasteiger partial charge in [-0.2, -0.15) is 0 Å². The number of ether oxygens (including phenoxy) is 3. The third kappa shape index (κ3) is 10.7. The molecule has 0 aliphatic rings. The van der Waals surface area contributed by atoms with Gasteiger partial charge in [0.25, 0.3) is 0 Å². The van der Waals surface area contributed by atoms with Crippen LogP contribution in [0.25, 0.3) is 0 Å². The van der Waals surface area contributed by atoms with E-state index < -0.39 is 32.1 Å². The summed E-state index contributed by atoms with van der Waals surface area (Å²) in [6.07, 6.45) is -0.593. The van der Waals surface area contributed by atoms with Crippen molar-refractivity contribution >= 4 is 26.0 Å². The molecule has 0 spiro atoms.